The number of benzene rings is 2. The summed E-state index contributed by atoms with van der Waals surface area (Å²) < 4.78 is 39.3. The van der Waals surface area contributed by atoms with Crippen LogP contribution in [0.15, 0.2) is 83.4 Å². The van der Waals surface area contributed by atoms with Crippen molar-refractivity contribution in [3.63, 3.8) is 0 Å². The fourth-order valence-corrected chi connectivity index (χ4v) is 6.27. The Hall–Kier alpha value is -4.11. The number of methoxy groups -OCH3 is 2. The molecule has 2 aromatic carbocycles. The maximum Gasteiger partial charge on any atom is 0.354 e. The van der Waals surface area contributed by atoms with E-state index in [1.54, 1.807) is 59.5 Å². The van der Waals surface area contributed by atoms with E-state index in [1.165, 1.54) is 18.2 Å². The van der Waals surface area contributed by atoms with E-state index in [0.29, 0.717) is 24.2 Å². The van der Waals surface area contributed by atoms with E-state index in [0.717, 1.165) is 16.5 Å². The van der Waals surface area contributed by atoms with E-state index in [9.17, 15) is 18.0 Å². The van der Waals surface area contributed by atoms with Crippen LogP contribution in [-0.4, -0.2) is 56.5 Å². The van der Waals surface area contributed by atoms with Crippen LogP contribution in [0.1, 0.15) is 23.2 Å². The van der Waals surface area contributed by atoms with Gasteiger partial charge in [0, 0.05) is 24.9 Å². The topological polar surface area (TPSA) is 94.9 Å². The smallest absolute Gasteiger partial charge is 0.354 e. The number of carbonyl (C=O) groups excluding carboxylic acids is 2. The number of hydrogen-bond acceptors (Lipinski definition) is 7. The lowest BCUT2D eigenvalue weighted by Gasteiger charge is -2.27. The van der Waals surface area contributed by atoms with E-state index < -0.39 is 22.0 Å². The number of para-hydroxylation sites is 1. The molecule has 0 amide bonds. The molecule has 1 aromatic heterocycles. The van der Waals surface area contributed by atoms with Gasteiger partial charge in [-0.1, -0.05) is 48.0 Å². The molecule has 0 bridgehead atoms. The van der Waals surface area contributed by atoms with Crippen molar-refractivity contribution >= 4 is 38.9 Å². The zero-order valence-electron chi connectivity index (χ0n) is 21.6. The van der Waals surface area contributed by atoms with Crippen LogP contribution in [0.5, 0.6) is 0 Å². The Balaban J connectivity index is 1.98. The van der Waals surface area contributed by atoms with Crippen molar-refractivity contribution in [3.05, 3.63) is 95.4 Å². The molecule has 0 unspecified atom stereocenters. The number of nitrogens with zero attached hydrogens (tertiary/aromatic N) is 2. The van der Waals surface area contributed by atoms with E-state index in [1.807, 2.05) is 19.1 Å². The number of ether oxygens (including phenoxy) is 2. The van der Waals surface area contributed by atoms with Gasteiger partial charge >= 0.3 is 11.9 Å². The predicted molar refractivity (Wildman–Crippen MR) is 146 cm³/mol. The second-order valence-corrected chi connectivity index (χ2v) is 10.7. The number of aryl methyl sites for hydroxylation is 1. The first-order valence-corrected chi connectivity index (χ1v) is 13.5. The Morgan fingerprint density at radius 3 is 2.37 bits per heavy atom. The van der Waals surface area contributed by atoms with Crippen molar-refractivity contribution in [2.24, 2.45) is 0 Å². The molecule has 0 radical (unpaired) electrons. The summed E-state index contributed by atoms with van der Waals surface area (Å²) in [5.74, 6) is -1.33. The number of fused-ring (bicyclic) bond motifs is 3. The third-order valence-electron chi connectivity index (χ3n) is 6.53. The van der Waals surface area contributed by atoms with Gasteiger partial charge in [-0.2, -0.15) is 0 Å². The molecule has 1 aliphatic rings. The highest BCUT2D eigenvalue weighted by Gasteiger charge is 2.30. The lowest BCUT2D eigenvalue weighted by molar-refractivity contribution is -0.140. The van der Waals surface area contributed by atoms with Gasteiger partial charge in [-0.3, -0.25) is 0 Å². The van der Waals surface area contributed by atoms with Crippen LogP contribution >= 0.6 is 0 Å². The number of esters is 2. The van der Waals surface area contributed by atoms with Gasteiger partial charge in [0.15, 0.2) is 0 Å². The van der Waals surface area contributed by atoms with Gasteiger partial charge in [-0.25, -0.2) is 22.0 Å². The average Bonchev–Trinajstić information content (AvgIpc) is 3.24. The highest BCUT2D eigenvalue weighted by atomic mass is 32.2. The van der Waals surface area contributed by atoms with Gasteiger partial charge in [-0.05, 0) is 43.2 Å². The number of rotatable bonds is 6. The molecule has 1 aliphatic heterocycles. The summed E-state index contributed by atoms with van der Waals surface area (Å²) in [4.78, 5) is 27.5. The van der Waals surface area contributed by atoms with Crippen LogP contribution in [0, 0.1) is 6.92 Å². The first kappa shape index (κ1) is 26.9. The monoisotopic (exact) mass is 534 g/mol. The molecular weight excluding hydrogens is 504 g/mol. The van der Waals surface area contributed by atoms with Gasteiger partial charge in [0.1, 0.15) is 5.70 Å². The third-order valence-corrected chi connectivity index (χ3v) is 8.27. The van der Waals surface area contributed by atoms with Crippen molar-refractivity contribution in [1.82, 2.24) is 8.87 Å². The SMILES string of the molecule is C=CCN1CCc2c(n(S(=O)(=O)c3ccc(C)cc3)c3ccccc23)/C=C\C/C(C(=O)OC)=C\1C(=O)OC. The Kier molecular flexibility index (Phi) is 7.87. The van der Waals surface area contributed by atoms with Crippen molar-refractivity contribution < 1.29 is 27.5 Å². The fraction of sp³-hybridized carbons (Fsp3) is 0.241. The number of carbonyl (C=O) groups is 2. The number of allylic oxidation sites excluding steroid dienone is 1. The predicted octanol–water partition coefficient (Wildman–Crippen LogP) is 4.23. The van der Waals surface area contributed by atoms with E-state index in [4.69, 9.17) is 9.47 Å². The molecule has 0 spiro atoms. The fourth-order valence-electron chi connectivity index (χ4n) is 4.73. The minimum absolute atomic E-state index is 0.0241. The molecule has 2 heterocycles. The lowest BCUT2D eigenvalue weighted by atomic mass is 10.0. The second kappa shape index (κ2) is 11.1. The standard InChI is InChI=1S/C29H30N2O6S/c1-5-18-30-19-17-23-22-9-6-7-11-25(22)31(38(34,35)21-15-13-20(2)14-16-21)26(23)12-8-10-24(28(32)36-3)27(30)29(33)37-4/h5-9,11-16H,1,10,17-19H2,2-4H3/b12-8-,27-24+. The van der Waals surface area contributed by atoms with E-state index in [2.05, 4.69) is 6.58 Å². The van der Waals surface area contributed by atoms with E-state index in [-0.39, 0.29) is 29.1 Å². The van der Waals surface area contributed by atoms with Crippen LogP contribution in [-0.2, 0) is 35.5 Å². The van der Waals surface area contributed by atoms with Crippen LogP contribution in [0.2, 0.25) is 0 Å². The highest BCUT2D eigenvalue weighted by Crippen LogP contribution is 2.33. The summed E-state index contributed by atoms with van der Waals surface area (Å²) in [6.07, 6.45) is 5.41. The van der Waals surface area contributed by atoms with Gasteiger partial charge < -0.3 is 14.4 Å². The van der Waals surface area contributed by atoms with Gasteiger partial charge in [-0.15, -0.1) is 6.58 Å². The van der Waals surface area contributed by atoms with Gasteiger partial charge in [0.05, 0.1) is 35.9 Å². The minimum atomic E-state index is -3.96. The van der Waals surface area contributed by atoms with Gasteiger partial charge in [0.25, 0.3) is 10.0 Å². The number of aromatic nitrogens is 1. The maximum atomic E-state index is 14.0. The molecule has 3 aromatic rings. The van der Waals surface area contributed by atoms with Crippen LogP contribution in [0.3, 0.4) is 0 Å². The first-order chi connectivity index (χ1) is 18.2. The zero-order valence-corrected chi connectivity index (χ0v) is 22.5. The normalized spacial score (nSPS) is 17.0. The number of hydrogen-bond donors (Lipinski definition) is 0. The highest BCUT2D eigenvalue weighted by molar-refractivity contribution is 7.90. The zero-order chi connectivity index (χ0) is 27.4. The van der Waals surface area contributed by atoms with Crippen LogP contribution in [0.25, 0.3) is 17.0 Å². The Labute approximate surface area is 222 Å². The maximum absolute atomic E-state index is 14.0. The molecule has 0 fully saturated rings. The van der Waals surface area contributed by atoms with Crippen LogP contribution in [0.4, 0.5) is 0 Å². The van der Waals surface area contributed by atoms with Crippen molar-refractivity contribution in [1.29, 1.82) is 0 Å². The molecule has 38 heavy (non-hydrogen) atoms. The van der Waals surface area contributed by atoms with Crippen LogP contribution < -0.4 is 0 Å². The average molecular weight is 535 g/mol. The summed E-state index contributed by atoms with van der Waals surface area (Å²) >= 11 is 0. The molecule has 9 heteroatoms. The largest absolute Gasteiger partial charge is 0.466 e. The summed E-state index contributed by atoms with van der Waals surface area (Å²) in [5, 5.41) is 0.791. The molecule has 8 nitrogen and oxygen atoms in total. The molecule has 0 atom stereocenters. The summed E-state index contributed by atoms with van der Waals surface area (Å²) in [6, 6.07) is 14.1. The molecule has 0 aliphatic carbocycles. The first-order valence-electron chi connectivity index (χ1n) is 12.1. The Bertz CT molecular complexity index is 1560. The summed E-state index contributed by atoms with van der Waals surface area (Å²) in [7, 11) is -1.46. The molecule has 0 saturated carbocycles. The molecule has 4 rings (SSSR count). The Morgan fingerprint density at radius 1 is 1.03 bits per heavy atom. The molecule has 0 N–H and O–H groups in total. The van der Waals surface area contributed by atoms with Crippen molar-refractivity contribution in [2.45, 2.75) is 24.7 Å². The molecule has 198 valence electrons. The third kappa shape index (κ3) is 4.89. The van der Waals surface area contributed by atoms with E-state index >= 15 is 0 Å². The molecule has 0 saturated heterocycles. The molecular formula is C29H30N2O6S. The Morgan fingerprint density at radius 2 is 1.71 bits per heavy atom. The van der Waals surface area contributed by atoms with Crippen molar-refractivity contribution in [2.75, 3.05) is 27.3 Å². The van der Waals surface area contributed by atoms with Gasteiger partial charge in [0.2, 0.25) is 0 Å². The van der Waals surface area contributed by atoms with Crippen molar-refractivity contribution in [3.8, 4) is 0 Å². The second-order valence-electron chi connectivity index (χ2n) is 8.86. The summed E-state index contributed by atoms with van der Waals surface area (Å²) in [5.41, 5.74) is 3.03. The quantitative estimate of drug-likeness (QED) is 0.345. The summed E-state index contributed by atoms with van der Waals surface area (Å²) in [6.45, 7) is 6.27. The lowest BCUT2D eigenvalue weighted by Crippen LogP contribution is -2.33. The minimum Gasteiger partial charge on any atom is -0.466 e.